The second-order valence-corrected chi connectivity index (χ2v) is 7.60. The summed E-state index contributed by atoms with van der Waals surface area (Å²) in [7, 11) is -5.84. The number of hydrogen-bond acceptors (Lipinski definition) is 5. The van der Waals surface area contributed by atoms with Gasteiger partial charge in [0.2, 0.25) is 0 Å². The highest BCUT2D eigenvalue weighted by Gasteiger charge is 2.48. The molecule has 0 heterocycles. The van der Waals surface area contributed by atoms with Crippen molar-refractivity contribution in [2.75, 3.05) is 0 Å². The summed E-state index contributed by atoms with van der Waals surface area (Å²) in [6.07, 6.45) is 0.591. The Morgan fingerprint density at radius 1 is 1.00 bits per heavy atom. The molecule has 9 heteroatoms. The SMILES string of the molecule is O=Cc1cc(-c2ccccc2)c2cc(S)c(OS(=O)(=O)C(F)(F)F)cc2c1. The lowest BCUT2D eigenvalue weighted by atomic mass is 9.96. The molecule has 0 unspecified atom stereocenters. The molecule has 0 aliphatic rings. The van der Waals surface area contributed by atoms with E-state index in [1.807, 2.05) is 6.07 Å². The summed E-state index contributed by atoms with van der Waals surface area (Å²) in [4.78, 5) is 11.2. The fourth-order valence-electron chi connectivity index (χ4n) is 2.56. The normalized spacial score (nSPS) is 12.1. The summed E-state index contributed by atoms with van der Waals surface area (Å²) in [5.74, 6) is -0.579. The van der Waals surface area contributed by atoms with Gasteiger partial charge in [-0.1, -0.05) is 30.3 Å². The zero-order chi connectivity index (χ0) is 19.8. The van der Waals surface area contributed by atoms with Crippen LogP contribution < -0.4 is 4.18 Å². The van der Waals surface area contributed by atoms with E-state index in [9.17, 15) is 26.4 Å². The van der Waals surface area contributed by atoms with Crippen LogP contribution in [0.4, 0.5) is 13.2 Å². The Balaban J connectivity index is 2.22. The molecule has 0 atom stereocenters. The summed E-state index contributed by atoms with van der Waals surface area (Å²) >= 11 is 4.06. The Kier molecular flexibility index (Phi) is 4.92. The number of benzene rings is 3. The number of aldehydes is 1. The zero-order valence-corrected chi connectivity index (χ0v) is 15.1. The predicted molar refractivity (Wildman–Crippen MR) is 97.6 cm³/mol. The minimum atomic E-state index is -5.84. The number of alkyl halides is 3. The van der Waals surface area contributed by atoms with E-state index >= 15 is 0 Å². The summed E-state index contributed by atoms with van der Waals surface area (Å²) in [6.45, 7) is 0. The minimum Gasteiger partial charge on any atom is -0.375 e. The first-order valence-electron chi connectivity index (χ1n) is 7.44. The molecule has 0 N–H and O–H groups in total. The van der Waals surface area contributed by atoms with Crippen LogP contribution in [0.3, 0.4) is 0 Å². The number of rotatable bonds is 4. The smallest absolute Gasteiger partial charge is 0.375 e. The molecule has 3 rings (SSSR count). The lowest BCUT2D eigenvalue weighted by Crippen LogP contribution is -2.28. The predicted octanol–water partition coefficient (Wildman–Crippen LogP) is 4.84. The van der Waals surface area contributed by atoms with Gasteiger partial charge < -0.3 is 4.18 Å². The molecule has 3 aromatic carbocycles. The highest BCUT2D eigenvalue weighted by atomic mass is 32.2. The summed E-state index contributed by atoms with van der Waals surface area (Å²) in [5.41, 5.74) is -3.87. The van der Waals surface area contributed by atoms with Crippen molar-refractivity contribution in [1.29, 1.82) is 0 Å². The van der Waals surface area contributed by atoms with Gasteiger partial charge in [-0.15, -0.1) is 12.6 Å². The highest BCUT2D eigenvalue weighted by Crippen LogP contribution is 2.37. The van der Waals surface area contributed by atoms with Gasteiger partial charge in [-0.05, 0) is 46.2 Å². The van der Waals surface area contributed by atoms with Crippen molar-refractivity contribution in [1.82, 2.24) is 0 Å². The summed E-state index contributed by atoms with van der Waals surface area (Å²) < 4.78 is 64.5. The van der Waals surface area contributed by atoms with E-state index in [0.29, 0.717) is 22.6 Å². The first-order chi connectivity index (χ1) is 12.6. The molecule has 140 valence electrons. The van der Waals surface area contributed by atoms with Crippen LogP contribution in [0.5, 0.6) is 5.75 Å². The Bertz CT molecular complexity index is 1120. The molecule has 0 radical (unpaired) electrons. The van der Waals surface area contributed by atoms with Crippen LogP contribution in [0.2, 0.25) is 0 Å². The molecule has 0 aliphatic heterocycles. The van der Waals surface area contributed by atoms with Gasteiger partial charge in [0.05, 0.1) is 0 Å². The quantitative estimate of drug-likeness (QED) is 0.288. The van der Waals surface area contributed by atoms with Crippen LogP contribution in [-0.4, -0.2) is 20.2 Å². The number of fused-ring (bicyclic) bond motifs is 1. The molecule has 0 amide bonds. The molecule has 0 bridgehead atoms. The van der Waals surface area contributed by atoms with Crippen molar-refractivity contribution in [2.45, 2.75) is 10.4 Å². The van der Waals surface area contributed by atoms with E-state index in [1.165, 1.54) is 12.1 Å². The summed E-state index contributed by atoms with van der Waals surface area (Å²) in [5, 5.41) is 0.914. The molecule has 0 aromatic heterocycles. The van der Waals surface area contributed by atoms with E-state index in [0.717, 1.165) is 11.6 Å². The maximum atomic E-state index is 12.6. The first-order valence-corrected chi connectivity index (χ1v) is 9.30. The van der Waals surface area contributed by atoms with Gasteiger partial charge in [0, 0.05) is 10.5 Å². The third-order valence-corrected chi connectivity index (χ3v) is 5.07. The lowest BCUT2D eigenvalue weighted by molar-refractivity contribution is -0.0500. The third kappa shape index (κ3) is 3.79. The van der Waals surface area contributed by atoms with Gasteiger partial charge in [0.15, 0.2) is 5.75 Å². The summed E-state index contributed by atoms with van der Waals surface area (Å²) in [6, 6.07) is 14.6. The largest absolute Gasteiger partial charge is 0.534 e. The van der Waals surface area contributed by atoms with Crippen molar-refractivity contribution < 1.29 is 30.6 Å². The third-order valence-electron chi connectivity index (χ3n) is 3.76. The van der Waals surface area contributed by atoms with Gasteiger partial charge in [0.25, 0.3) is 0 Å². The fourth-order valence-corrected chi connectivity index (χ4v) is 3.33. The number of halogens is 3. The van der Waals surface area contributed by atoms with Crippen molar-refractivity contribution in [3.05, 3.63) is 60.2 Å². The molecule has 0 saturated heterocycles. The zero-order valence-electron chi connectivity index (χ0n) is 13.4. The monoisotopic (exact) mass is 412 g/mol. The average molecular weight is 412 g/mol. The van der Waals surface area contributed by atoms with Crippen molar-refractivity contribution >= 4 is 39.8 Å². The second-order valence-electron chi connectivity index (χ2n) is 5.58. The maximum Gasteiger partial charge on any atom is 0.534 e. The van der Waals surface area contributed by atoms with Gasteiger partial charge >= 0.3 is 15.6 Å². The van der Waals surface area contributed by atoms with Gasteiger partial charge in [0.1, 0.15) is 6.29 Å². The Morgan fingerprint density at radius 3 is 2.26 bits per heavy atom. The Morgan fingerprint density at radius 2 is 1.67 bits per heavy atom. The van der Waals surface area contributed by atoms with E-state index in [2.05, 4.69) is 16.8 Å². The molecule has 3 aromatic rings. The Hall–Kier alpha value is -2.52. The van der Waals surface area contributed by atoms with E-state index in [-0.39, 0.29) is 10.5 Å². The van der Waals surface area contributed by atoms with E-state index in [1.54, 1.807) is 30.3 Å². The molecule has 27 heavy (non-hydrogen) atoms. The topological polar surface area (TPSA) is 60.4 Å². The van der Waals surface area contributed by atoms with Gasteiger partial charge in [-0.3, -0.25) is 4.79 Å². The molecule has 0 fully saturated rings. The standard InChI is InChI=1S/C18H11F3O4S2/c19-18(20,21)27(23,24)25-16-8-13-6-11(10-22)7-14(15(13)9-17(16)26)12-4-2-1-3-5-12/h1-10,26H. The lowest BCUT2D eigenvalue weighted by Gasteiger charge is -2.14. The maximum absolute atomic E-state index is 12.6. The van der Waals surface area contributed by atoms with Gasteiger partial charge in [-0.2, -0.15) is 21.6 Å². The number of carbonyl (C=O) groups is 1. The fraction of sp³-hybridized carbons (Fsp3) is 0.0556. The van der Waals surface area contributed by atoms with E-state index < -0.39 is 21.4 Å². The number of hydrogen-bond donors (Lipinski definition) is 1. The minimum absolute atomic E-state index is 0.0913. The second kappa shape index (κ2) is 6.90. The van der Waals surface area contributed by atoms with Crippen LogP contribution in [0, 0.1) is 0 Å². The molecule has 0 spiro atoms. The van der Waals surface area contributed by atoms with Crippen molar-refractivity contribution in [2.24, 2.45) is 0 Å². The molecular weight excluding hydrogens is 401 g/mol. The molecule has 0 saturated carbocycles. The van der Waals surface area contributed by atoms with Gasteiger partial charge in [-0.25, -0.2) is 0 Å². The molecule has 0 aliphatic carbocycles. The van der Waals surface area contributed by atoms with Crippen molar-refractivity contribution in [3.8, 4) is 16.9 Å². The van der Waals surface area contributed by atoms with Crippen LogP contribution in [0.15, 0.2) is 59.5 Å². The van der Waals surface area contributed by atoms with Crippen LogP contribution >= 0.6 is 12.6 Å². The van der Waals surface area contributed by atoms with Crippen LogP contribution in [-0.2, 0) is 10.1 Å². The first kappa shape index (κ1) is 19.2. The highest BCUT2D eigenvalue weighted by molar-refractivity contribution is 7.88. The van der Waals surface area contributed by atoms with Crippen molar-refractivity contribution in [3.63, 3.8) is 0 Å². The molecule has 4 nitrogen and oxygen atoms in total. The van der Waals surface area contributed by atoms with E-state index in [4.69, 9.17) is 0 Å². The number of thiol groups is 1. The number of carbonyl (C=O) groups excluding carboxylic acids is 1. The average Bonchev–Trinajstić information content (AvgIpc) is 2.61. The van der Waals surface area contributed by atoms with Crippen LogP contribution in [0.25, 0.3) is 21.9 Å². The Labute approximate surface area is 158 Å². The van der Waals surface area contributed by atoms with Crippen LogP contribution in [0.1, 0.15) is 10.4 Å². The molecular formula is C18H11F3O4S2.